The normalized spacial score (nSPS) is 10.7. The van der Waals surface area contributed by atoms with Crippen molar-refractivity contribution in [3.8, 4) is 11.3 Å². The molecule has 0 aliphatic heterocycles. The van der Waals surface area contributed by atoms with E-state index in [4.69, 9.17) is 44.7 Å². The van der Waals surface area contributed by atoms with E-state index < -0.39 is 17.8 Å². The summed E-state index contributed by atoms with van der Waals surface area (Å²) < 4.78 is 10.5. The summed E-state index contributed by atoms with van der Waals surface area (Å²) in [4.78, 5) is 39.6. The first-order valence-corrected chi connectivity index (χ1v) is 14.2. The lowest BCUT2D eigenvalue weighted by Gasteiger charge is -2.11. The van der Waals surface area contributed by atoms with Crippen LogP contribution >= 0.6 is 46.8 Å². The summed E-state index contributed by atoms with van der Waals surface area (Å²) in [5, 5.41) is 13.0. The van der Waals surface area contributed by atoms with Crippen LogP contribution in [0.3, 0.4) is 0 Å². The van der Waals surface area contributed by atoms with Crippen LogP contribution in [0.15, 0.2) is 47.0 Å². The van der Waals surface area contributed by atoms with E-state index in [2.05, 4.69) is 21.1 Å². The Hall–Kier alpha value is -3.77. The first-order chi connectivity index (χ1) is 19.5. The highest BCUT2D eigenvalue weighted by molar-refractivity contribution is 7.80. The van der Waals surface area contributed by atoms with E-state index in [1.807, 2.05) is 25.1 Å². The molecule has 0 fully saturated rings. The van der Waals surface area contributed by atoms with Crippen molar-refractivity contribution in [1.82, 2.24) is 10.5 Å². The van der Waals surface area contributed by atoms with E-state index in [0.29, 0.717) is 16.8 Å². The lowest BCUT2D eigenvalue weighted by Crippen LogP contribution is -2.34. The van der Waals surface area contributed by atoms with Crippen molar-refractivity contribution in [3.05, 3.63) is 85.4 Å². The minimum atomic E-state index is -0.643. The standard InChI is InChI=1S/C28H24Cl2N4O5S2/c1-5-38-27(37)19-14(3)23(25(36)31-18-12-7-6-9-13(18)2)41-26(19)33-28(40)32-24(35)20-15(4)39-34-22(20)21-16(29)10-8-11-17(21)30/h6-12H,5H2,1-4H3,(H,31,36)(H2,32,33,35,40). The Morgan fingerprint density at radius 1 is 0.976 bits per heavy atom. The average Bonchev–Trinajstić information content (AvgIpc) is 3.44. The number of hydrogen-bond acceptors (Lipinski definition) is 8. The molecule has 0 unspecified atom stereocenters. The van der Waals surface area contributed by atoms with Crippen molar-refractivity contribution in [2.45, 2.75) is 27.7 Å². The van der Waals surface area contributed by atoms with Crippen LogP contribution in [0.5, 0.6) is 0 Å². The van der Waals surface area contributed by atoms with Crippen molar-refractivity contribution < 1.29 is 23.6 Å². The fraction of sp³-hybridized carbons (Fsp3) is 0.179. The molecule has 2 aromatic carbocycles. The van der Waals surface area contributed by atoms with Crippen LogP contribution in [0.4, 0.5) is 10.7 Å². The second-order valence-electron chi connectivity index (χ2n) is 8.72. The Kier molecular flexibility index (Phi) is 9.44. The summed E-state index contributed by atoms with van der Waals surface area (Å²) in [5.74, 6) is -1.48. The second-order valence-corrected chi connectivity index (χ2v) is 11.0. The van der Waals surface area contributed by atoms with Gasteiger partial charge in [-0.3, -0.25) is 14.9 Å². The molecule has 0 spiro atoms. The Bertz CT molecular complexity index is 1660. The number of para-hydroxylation sites is 1. The molecule has 212 valence electrons. The van der Waals surface area contributed by atoms with Crippen LogP contribution < -0.4 is 16.0 Å². The number of aryl methyl sites for hydroxylation is 2. The number of anilines is 2. The third-order valence-electron chi connectivity index (χ3n) is 5.97. The number of amides is 2. The summed E-state index contributed by atoms with van der Waals surface area (Å²) >= 11 is 19.1. The molecule has 0 saturated carbocycles. The van der Waals surface area contributed by atoms with Gasteiger partial charge in [-0.2, -0.15) is 0 Å². The number of carbonyl (C=O) groups is 3. The minimum Gasteiger partial charge on any atom is -0.462 e. The van der Waals surface area contributed by atoms with Gasteiger partial charge in [-0.1, -0.05) is 52.6 Å². The summed E-state index contributed by atoms with van der Waals surface area (Å²) in [6.07, 6.45) is 0. The van der Waals surface area contributed by atoms with Crippen molar-refractivity contribution in [2.24, 2.45) is 0 Å². The van der Waals surface area contributed by atoms with Crippen LogP contribution in [0, 0.1) is 20.8 Å². The molecule has 0 saturated heterocycles. The number of ether oxygens (including phenoxy) is 1. The summed E-state index contributed by atoms with van der Waals surface area (Å²) in [6.45, 7) is 6.88. The SMILES string of the molecule is CCOC(=O)c1c(NC(=S)NC(=O)c2c(-c3c(Cl)cccc3Cl)noc2C)sc(C(=O)Nc2ccccc2C)c1C. The first-order valence-electron chi connectivity index (χ1n) is 12.2. The van der Waals surface area contributed by atoms with Crippen molar-refractivity contribution in [3.63, 3.8) is 0 Å². The zero-order valence-electron chi connectivity index (χ0n) is 22.3. The number of thiophene rings is 1. The summed E-state index contributed by atoms with van der Waals surface area (Å²) in [7, 11) is 0. The molecule has 0 atom stereocenters. The third-order valence-corrected chi connectivity index (χ3v) is 8.01. The van der Waals surface area contributed by atoms with Gasteiger partial charge in [0.05, 0.1) is 27.1 Å². The van der Waals surface area contributed by atoms with Gasteiger partial charge in [-0.05, 0) is 69.2 Å². The monoisotopic (exact) mass is 630 g/mol. The lowest BCUT2D eigenvalue weighted by atomic mass is 10.1. The van der Waals surface area contributed by atoms with Gasteiger partial charge in [-0.25, -0.2) is 4.79 Å². The molecule has 9 nitrogen and oxygen atoms in total. The number of aromatic nitrogens is 1. The average molecular weight is 632 g/mol. The quantitative estimate of drug-likeness (QED) is 0.145. The van der Waals surface area contributed by atoms with E-state index in [1.165, 1.54) is 0 Å². The smallest absolute Gasteiger partial charge is 0.341 e. The molecule has 0 aliphatic carbocycles. The predicted octanol–water partition coefficient (Wildman–Crippen LogP) is 7.19. The van der Waals surface area contributed by atoms with E-state index in [1.54, 1.807) is 45.0 Å². The molecule has 2 heterocycles. The topological polar surface area (TPSA) is 123 Å². The second kappa shape index (κ2) is 12.8. The zero-order chi connectivity index (χ0) is 29.8. The highest BCUT2D eigenvalue weighted by Crippen LogP contribution is 2.37. The molecule has 41 heavy (non-hydrogen) atoms. The molecular weight excluding hydrogens is 607 g/mol. The molecule has 0 radical (unpaired) electrons. The van der Waals surface area contributed by atoms with Crippen molar-refractivity contribution >= 4 is 80.3 Å². The van der Waals surface area contributed by atoms with Gasteiger partial charge in [0.1, 0.15) is 22.0 Å². The summed E-state index contributed by atoms with van der Waals surface area (Å²) in [6, 6.07) is 12.2. The van der Waals surface area contributed by atoms with Crippen molar-refractivity contribution in [2.75, 3.05) is 17.2 Å². The predicted molar refractivity (Wildman–Crippen MR) is 165 cm³/mol. The van der Waals surface area contributed by atoms with E-state index in [9.17, 15) is 14.4 Å². The summed E-state index contributed by atoms with van der Waals surface area (Å²) in [5.41, 5.74) is 2.61. The van der Waals surface area contributed by atoms with Gasteiger partial charge in [0, 0.05) is 11.3 Å². The fourth-order valence-corrected chi connectivity index (χ4v) is 5.92. The number of rotatable bonds is 7. The third kappa shape index (κ3) is 6.43. The number of hydrogen-bond donors (Lipinski definition) is 3. The van der Waals surface area contributed by atoms with Gasteiger partial charge in [0.2, 0.25) is 0 Å². The van der Waals surface area contributed by atoms with Crippen LogP contribution in [0.1, 0.15) is 54.2 Å². The largest absolute Gasteiger partial charge is 0.462 e. The Morgan fingerprint density at radius 2 is 1.66 bits per heavy atom. The molecule has 4 aromatic rings. The van der Waals surface area contributed by atoms with Gasteiger partial charge < -0.3 is 19.9 Å². The van der Waals surface area contributed by atoms with Gasteiger partial charge in [0.15, 0.2) is 5.11 Å². The van der Waals surface area contributed by atoms with Crippen molar-refractivity contribution in [1.29, 1.82) is 0 Å². The van der Waals surface area contributed by atoms with Crippen LogP contribution in [-0.4, -0.2) is 34.7 Å². The molecular formula is C28H24Cl2N4O5S2. The Balaban J connectivity index is 1.61. The molecule has 0 aliphatic rings. The number of benzene rings is 2. The maximum absolute atomic E-state index is 13.3. The van der Waals surface area contributed by atoms with E-state index >= 15 is 0 Å². The number of esters is 1. The molecule has 4 rings (SSSR count). The number of nitrogens with one attached hydrogen (secondary N) is 3. The number of thiocarbonyl (C=S) groups is 1. The number of halogens is 2. The van der Waals surface area contributed by atoms with Gasteiger partial charge >= 0.3 is 5.97 Å². The Labute approximate surface area is 255 Å². The molecule has 0 bridgehead atoms. The first kappa shape index (κ1) is 30.2. The highest BCUT2D eigenvalue weighted by atomic mass is 35.5. The zero-order valence-corrected chi connectivity index (χ0v) is 25.5. The molecule has 2 amide bonds. The Morgan fingerprint density at radius 3 is 2.32 bits per heavy atom. The lowest BCUT2D eigenvalue weighted by molar-refractivity contribution is 0.0527. The van der Waals surface area contributed by atoms with E-state index in [0.717, 1.165) is 16.9 Å². The molecule has 13 heteroatoms. The number of nitrogens with zero attached hydrogens (tertiary/aromatic N) is 1. The van der Waals surface area contributed by atoms with E-state index in [-0.39, 0.29) is 54.2 Å². The van der Waals surface area contributed by atoms with Crippen LogP contribution in [-0.2, 0) is 4.74 Å². The maximum atomic E-state index is 13.3. The maximum Gasteiger partial charge on any atom is 0.341 e. The number of carbonyl (C=O) groups excluding carboxylic acids is 3. The highest BCUT2D eigenvalue weighted by Gasteiger charge is 2.28. The fourth-order valence-electron chi connectivity index (χ4n) is 3.99. The van der Waals surface area contributed by atoms with Gasteiger partial charge in [-0.15, -0.1) is 11.3 Å². The minimum absolute atomic E-state index is 0.0791. The van der Waals surface area contributed by atoms with Crippen LogP contribution in [0.25, 0.3) is 11.3 Å². The molecule has 2 aromatic heterocycles. The molecule has 3 N–H and O–H groups in total. The van der Waals surface area contributed by atoms with Crippen LogP contribution in [0.2, 0.25) is 10.0 Å². The van der Waals surface area contributed by atoms with Gasteiger partial charge in [0.25, 0.3) is 11.8 Å².